The molecule has 0 amide bonds. The van der Waals surface area contributed by atoms with Gasteiger partial charge in [-0.2, -0.15) is 0 Å². The van der Waals surface area contributed by atoms with Gasteiger partial charge in [0.1, 0.15) is 0 Å². The van der Waals surface area contributed by atoms with Crippen molar-refractivity contribution in [3.05, 3.63) is 35.9 Å². The standard InChI is InChI=1S/C11H14N2/c1-2-11(13-12)9-8-10-6-4-3-5-7-10/h3-7,11,13H,2,12H2,1H3. The monoisotopic (exact) mass is 174 g/mol. The van der Waals surface area contributed by atoms with Gasteiger partial charge in [-0.1, -0.05) is 37.0 Å². The van der Waals surface area contributed by atoms with Crippen LogP contribution in [0.2, 0.25) is 0 Å². The van der Waals surface area contributed by atoms with Crippen LogP contribution in [-0.4, -0.2) is 6.04 Å². The third kappa shape index (κ3) is 3.29. The van der Waals surface area contributed by atoms with Crippen LogP contribution in [0.3, 0.4) is 0 Å². The van der Waals surface area contributed by atoms with Gasteiger partial charge >= 0.3 is 0 Å². The number of hydrogen-bond donors (Lipinski definition) is 2. The zero-order valence-corrected chi connectivity index (χ0v) is 7.75. The maximum Gasteiger partial charge on any atom is 0.0818 e. The average Bonchev–Trinajstić information content (AvgIpc) is 2.21. The second-order valence-electron chi connectivity index (χ2n) is 2.76. The fraction of sp³-hybridized carbons (Fsp3) is 0.273. The Labute approximate surface area is 79.1 Å². The number of nitrogens with one attached hydrogen (secondary N) is 1. The van der Waals surface area contributed by atoms with Crippen molar-refractivity contribution in [1.29, 1.82) is 0 Å². The highest BCUT2D eigenvalue weighted by molar-refractivity contribution is 5.34. The lowest BCUT2D eigenvalue weighted by atomic mass is 10.2. The quantitative estimate of drug-likeness (QED) is 0.402. The second-order valence-corrected chi connectivity index (χ2v) is 2.76. The lowest BCUT2D eigenvalue weighted by Crippen LogP contribution is -2.33. The molecule has 0 bridgehead atoms. The Kier molecular flexibility index (Phi) is 4.04. The van der Waals surface area contributed by atoms with Crippen molar-refractivity contribution in [1.82, 2.24) is 5.43 Å². The van der Waals surface area contributed by atoms with Crippen LogP contribution in [0.15, 0.2) is 30.3 Å². The van der Waals surface area contributed by atoms with E-state index in [0.29, 0.717) is 0 Å². The summed E-state index contributed by atoms with van der Waals surface area (Å²) in [6.45, 7) is 2.05. The van der Waals surface area contributed by atoms with Gasteiger partial charge in [0.25, 0.3) is 0 Å². The molecule has 0 radical (unpaired) electrons. The Morgan fingerprint density at radius 1 is 1.38 bits per heavy atom. The largest absolute Gasteiger partial charge is 0.270 e. The molecule has 2 nitrogen and oxygen atoms in total. The molecular formula is C11H14N2. The summed E-state index contributed by atoms with van der Waals surface area (Å²) in [5.74, 6) is 11.4. The topological polar surface area (TPSA) is 38.0 Å². The van der Waals surface area contributed by atoms with Gasteiger partial charge in [0, 0.05) is 5.56 Å². The highest BCUT2D eigenvalue weighted by Crippen LogP contribution is 1.95. The lowest BCUT2D eigenvalue weighted by Gasteiger charge is -2.02. The molecule has 3 N–H and O–H groups in total. The number of hydrazine groups is 1. The van der Waals surface area contributed by atoms with Gasteiger partial charge in [-0.15, -0.1) is 0 Å². The molecule has 0 aliphatic heterocycles. The molecule has 68 valence electrons. The van der Waals surface area contributed by atoms with Crippen molar-refractivity contribution in [3.63, 3.8) is 0 Å². The minimum atomic E-state index is 0.0835. The van der Waals surface area contributed by atoms with E-state index in [2.05, 4.69) is 17.3 Å². The Bertz CT molecular complexity index is 291. The Balaban J connectivity index is 2.66. The van der Waals surface area contributed by atoms with Crippen LogP contribution in [-0.2, 0) is 0 Å². The van der Waals surface area contributed by atoms with Gasteiger partial charge in [-0.25, -0.2) is 5.43 Å². The summed E-state index contributed by atoms with van der Waals surface area (Å²) in [6.07, 6.45) is 0.913. The molecule has 1 aromatic carbocycles. The third-order valence-corrected chi connectivity index (χ3v) is 1.77. The van der Waals surface area contributed by atoms with Crippen LogP contribution in [0.5, 0.6) is 0 Å². The normalized spacial score (nSPS) is 11.5. The first kappa shape index (κ1) is 9.79. The summed E-state index contributed by atoms with van der Waals surface area (Å²) in [7, 11) is 0. The minimum absolute atomic E-state index is 0.0835. The van der Waals surface area contributed by atoms with Crippen LogP contribution >= 0.6 is 0 Å². The maximum atomic E-state index is 5.29. The Morgan fingerprint density at radius 3 is 2.62 bits per heavy atom. The summed E-state index contributed by atoms with van der Waals surface area (Å²) < 4.78 is 0. The fourth-order valence-corrected chi connectivity index (χ4v) is 0.954. The molecule has 0 aliphatic carbocycles. The molecule has 0 saturated carbocycles. The molecule has 0 aliphatic rings. The van der Waals surface area contributed by atoms with E-state index in [4.69, 9.17) is 5.84 Å². The van der Waals surface area contributed by atoms with Crippen LogP contribution in [0.25, 0.3) is 0 Å². The second kappa shape index (κ2) is 5.36. The summed E-state index contributed by atoms with van der Waals surface area (Å²) in [5.41, 5.74) is 3.67. The number of hydrogen-bond acceptors (Lipinski definition) is 2. The van der Waals surface area contributed by atoms with Gasteiger partial charge in [-0.3, -0.25) is 5.84 Å². The molecule has 0 spiro atoms. The molecule has 0 saturated heterocycles. The van der Waals surface area contributed by atoms with Crippen molar-refractivity contribution in [2.45, 2.75) is 19.4 Å². The first-order valence-corrected chi connectivity index (χ1v) is 4.39. The third-order valence-electron chi connectivity index (χ3n) is 1.77. The van der Waals surface area contributed by atoms with Crippen LogP contribution in [0.4, 0.5) is 0 Å². The van der Waals surface area contributed by atoms with E-state index in [1.54, 1.807) is 0 Å². The van der Waals surface area contributed by atoms with Crippen molar-refractivity contribution >= 4 is 0 Å². The number of rotatable bonds is 2. The molecule has 1 rings (SSSR count). The summed E-state index contributed by atoms with van der Waals surface area (Å²) >= 11 is 0. The van der Waals surface area contributed by atoms with Gasteiger partial charge in [-0.05, 0) is 18.6 Å². The Hall–Kier alpha value is -1.30. The maximum absolute atomic E-state index is 5.29. The van der Waals surface area contributed by atoms with E-state index < -0.39 is 0 Å². The molecule has 0 aromatic heterocycles. The zero-order chi connectivity index (χ0) is 9.52. The summed E-state index contributed by atoms with van der Waals surface area (Å²) in [6, 6.07) is 9.97. The number of nitrogens with two attached hydrogens (primary N) is 1. The molecule has 0 fully saturated rings. The van der Waals surface area contributed by atoms with E-state index in [-0.39, 0.29) is 6.04 Å². The van der Waals surface area contributed by atoms with E-state index in [9.17, 15) is 0 Å². The van der Waals surface area contributed by atoms with Crippen LogP contribution < -0.4 is 11.3 Å². The molecule has 1 unspecified atom stereocenters. The highest BCUT2D eigenvalue weighted by atomic mass is 15.2. The fourth-order valence-electron chi connectivity index (χ4n) is 0.954. The minimum Gasteiger partial charge on any atom is -0.270 e. The van der Waals surface area contributed by atoms with Crippen molar-refractivity contribution < 1.29 is 0 Å². The van der Waals surface area contributed by atoms with Gasteiger partial charge < -0.3 is 0 Å². The predicted molar refractivity (Wildman–Crippen MR) is 54.7 cm³/mol. The van der Waals surface area contributed by atoms with E-state index in [1.807, 2.05) is 37.3 Å². The van der Waals surface area contributed by atoms with Gasteiger partial charge in [0.15, 0.2) is 0 Å². The van der Waals surface area contributed by atoms with Crippen molar-refractivity contribution in [3.8, 4) is 11.8 Å². The first-order valence-electron chi connectivity index (χ1n) is 4.39. The average molecular weight is 174 g/mol. The molecule has 2 heteroatoms. The predicted octanol–water partition coefficient (Wildman–Crippen LogP) is 1.28. The van der Waals surface area contributed by atoms with E-state index in [1.165, 1.54) is 0 Å². The smallest absolute Gasteiger partial charge is 0.0818 e. The molecule has 1 aromatic rings. The van der Waals surface area contributed by atoms with Crippen LogP contribution in [0, 0.1) is 11.8 Å². The van der Waals surface area contributed by atoms with Gasteiger partial charge in [0.2, 0.25) is 0 Å². The molecule has 1 atom stereocenters. The van der Waals surface area contributed by atoms with Crippen LogP contribution in [0.1, 0.15) is 18.9 Å². The molecule has 0 heterocycles. The SMILES string of the molecule is CCC(C#Cc1ccccc1)NN. The summed E-state index contributed by atoms with van der Waals surface area (Å²) in [4.78, 5) is 0. The van der Waals surface area contributed by atoms with Crippen molar-refractivity contribution in [2.75, 3.05) is 0 Å². The zero-order valence-electron chi connectivity index (χ0n) is 7.75. The number of benzene rings is 1. The molecular weight excluding hydrogens is 160 g/mol. The Morgan fingerprint density at radius 2 is 2.08 bits per heavy atom. The van der Waals surface area contributed by atoms with E-state index in [0.717, 1.165) is 12.0 Å². The van der Waals surface area contributed by atoms with E-state index >= 15 is 0 Å². The summed E-state index contributed by atoms with van der Waals surface area (Å²) in [5, 5.41) is 0. The van der Waals surface area contributed by atoms with Gasteiger partial charge in [0.05, 0.1) is 6.04 Å². The highest BCUT2D eigenvalue weighted by Gasteiger charge is 1.94. The van der Waals surface area contributed by atoms with Crippen molar-refractivity contribution in [2.24, 2.45) is 5.84 Å². The first-order chi connectivity index (χ1) is 6.36. The lowest BCUT2D eigenvalue weighted by molar-refractivity contribution is 0.619. The molecule has 13 heavy (non-hydrogen) atoms.